The molecule has 6 nitrogen and oxygen atoms in total. The minimum Gasteiger partial charge on any atom is -0.462 e. The van der Waals surface area contributed by atoms with Gasteiger partial charge in [-0.3, -0.25) is 14.4 Å². The van der Waals surface area contributed by atoms with Crippen LogP contribution in [0.4, 0.5) is 0 Å². The topological polar surface area (TPSA) is 78.9 Å². The Morgan fingerprint density at radius 3 is 1.09 bits per heavy atom. The Bertz CT molecular complexity index is 1410. The summed E-state index contributed by atoms with van der Waals surface area (Å²) in [6, 6.07) is 0. The lowest BCUT2D eigenvalue weighted by Crippen LogP contribution is -2.30. The quantitative estimate of drug-likeness (QED) is 0.0199. The largest absolute Gasteiger partial charge is 0.462 e. The Morgan fingerprint density at radius 2 is 0.647 bits per heavy atom. The zero-order valence-electron chi connectivity index (χ0n) is 44.1. The van der Waals surface area contributed by atoms with Gasteiger partial charge in [0.25, 0.3) is 0 Å². The Balaban J connectivity index is 4.48. The molecule has 0 saturated carbocycles. The van der Waals surface area contributed by atoms with Crippen LogP contribution in [0.3, 0.4) is 0 Å². The summed E-state index contributed by atoms with van der Waals surface area (Å²) in [5, 5.41) is 0. The highest BCUT2D eigenvalue weighted by molar-refractivity contribution is 5.71. The maximum Gasteiger partial charge on any atom is 0.306 e. The molecule has 0 spiro atoms. The van der Waals surface area contributed by atoms with Crippen LogP contribution in [0.15, 0.2) is 109 Å². The number of esters is 3. The molecule has 0 aliphatic carbocycles. The normalized spacial score (nSPS) is 12.9. The zero-order chi connectivity index (χ0) is 49.3. The number of ether oxygens (including phenoxy) is 3. The molecular formula is C62H102O6. The third kappa shape index (κ3) is 53.0. The highest BCUT2D eigenvalue weighted by Crippen LogP contribution is 2.14. The SMILES string of the molecule is CC\C=C/C=C\C=C/CCCCCCCC(=O)OCC(COC(=O)CCCCC/C=C\C/C=C\C/C=C\C/C=C\C/C=C\CC)OC(=O)CCCCCCC/C=C\CCCCCCCCCCC. The van der Waals surface area contributed by atoms with Gasteiger partial charge in [0.1, 0.15) is 13.2 Å². The van der Waals surface area contributed by atoms with E-state index in [4.69, 9.17) is 14.2 Å². The zero-order valence-corrected chi connectivity index (χ0v) is 44.1. The molecule has 0 amide bonds. The average molecular weight is 943 g/mol. The molecule has 0 fully saturated rings. The van der Waals surface area contributed by atoms with Gasteiger partial charge in [0.15, 0.2) is 6.10 Å². The van der Waals surface area contributed by atoms with Crippen LogP contribution in [-0.2, 0) is 28.6 Å². The van der Waals surface area contributed by atoms with E-state index in [1.807, 2.05) is 0 Å². The van der Waals surface area contributed by atoms with Crippen molar-refractivity contribution in [2.75, 3.05) is 13.2 Å². The van der Waals surface area contributed by atoms with Crippen molar-refractivity contribution in [1.82, 2.24) is 0 Å². The second-order valence-corrected chi connectivity index (χ2v) is 18.1. The first-order valence-corrected chi connectivity index (χ1v) is 27.9. The molecule has 1 atom stereocenters. The van der Waals surface area contributed by atoms with Gasteiger partial charge in [0, 0.05) is 19.3 Å². The van der Waals surface area contributed by atoms with Gasteiger partial charge in [-0.25, -0.2) is 0 Å². The molecule has 6 heteroatoms. The molecule has 0 rings (SSSR count). The van der Waals surface area contributed by atoms with Crippen LogP contribution in [0.5, 0.6) is 0 Å². The van der Waals surface area contributed by atoms with E-state index in [1.165, 1.54) is 70.6 Å². The first kappa shape index (κ1) is 64.1. The van der Waals surface area contributed by atoms with Crippen molar-refractivity contribution in [2.45, 2.75) is 252 Å². The first-order valence-electron chi connectivity index (χ1n) is 27.9. The molecule has 0 aromatic carbocycles. The maximum absolute atomic E-state index is 12.8. The third-order valence-electron chi connectivity index (χ3n) is 11.6. The fourth-order valence-corrected chi connectivity index (χ4v) is 7.40. The van der Waals surface area contributed by atoms with Gasteiger partial charge >= 0.3 is 17.9 Å². The number of hydrogen-bond donors (Lipinski definition) is 0. The van der Waals surface area contributed by atoms with Crippen molar-refractivity contribution in [2.24, 2.45) is 0 Å². The number of carbonyl (C=O) groups excluding carboxylic acids is 3. The van der Waals surface area contributed by atoms with Gasteiger partial charge in [-0.15, -0.1) is 0 Å². The van der Waals surface area contributed by atoms with Crippen molar-refractivity contribution in [1.29, 1.82) is 0 Å². The van der Waals surface area contributed by atoms with Crippen LogP contribution >= 0.6 is 0 Å². The Hall–Kier alpha value is -3.93. The van der Waals surface area contributed by atoms with E-state index in [0.29, 0.717) is 19.3 Å². The van der Waals surface area contributed by atoms with Crippen LogP contribution in [0, 0.1) is 0 Å². The van der Waals surface area contributed by atoms with Crippen LogP contribution in [0.2, 0.25) is 0 Å². The molecule has 0 N–H and O–H groups in total. The van der Waals surface area contributed by atoms with E-state index < -0.39 is 6.10 Å². The van der Waals surface area contributed by atoms with Crippen LogP contribution in [0.1, 0.15) is 245 Å². The lowest BCUT2D eigenvalue weighted by molar-refractivity contribution is -0.167. The summed E-state index contributed by atoms with van der Waals surface area (Å²) in [4.78, 5) is 38.1. The number of hydrogen-bond acceptors (Lipinski definition) is 6. The number of allylic oxidation sites excluding steroid dienone is 18. The van der Waals surface area contributed by atoms with Crippen LogP contribution in [0.25, 0.3) is 0 Å². The molecule has 0 aliphatic heterocycles. The van der Waals surface area contributed by atoms with Gasteiger partial charge in [-0.1, -0.05) is 226 Å². The third-order valence-corrected chi connectivity index (χ3v) is 11.6. The first-order chi connectivity index (χ1) is 33.5. The molecule has 386 valence electrons. The van der Waals surface area contributed by atoms with E-state index in [2.05, 4.69) is 130 Å². The standard InChI is InChI=1S/C62H102O6/c1-4-7-10-13-16-19-22-25-27-29-31-33-34-37-40-43-46-49-52-55-61(64)67-58-59(57-66-60(63)54-51-48-45-42-39-36-24-21-18-15-12-9-6-3)68-62(65)56-53-50-47-44-41-38-35-32-30-28-26-23-20-17-14-11-8-5-2/h7,9-10,12,15-16,18-19,21,24-25,27,31-33,35,37,40,59H,4-6,8,11,13-14,17,20,22-23,26,28-30,34,36,38-39,41-58H2,1-3H3/b10-7-,12-9-,18-15-,19-16-,24-21-,27-25-,33-31-,35-32-,40-37-. The predicted molar refractivity (Wildman–Crippen MR) is 293 cm³/mol. The van der Waals surface area contributed by atoms with Gasteiger partial charge < -0.3 is 14.2 Å². The molecule has 0 radical (unpaired) electrons. The number of unbranched alkanes of at least 4 members (excludes halogenated alkanes) is 22. The highest BCUT2D eigenvalue weighted by Gasteiger charge is 2.19. The molecule has 68 heavy (non-hydrogen) atoms. The maximum atomic E-state index is 12.8. The molecule has 0 saturated heterocycles. The Morgan fingerprint density at radius 1 is 0.324 bits per heavy atom. The lowest BCUT2D eigenvalue weighted by Gasteiger charge is -2.18. The van der Waals surface area contributed by atoms with Crippen molar-refractivity contribution >= 4 is 17.9 Å². The Kier molecular flexibility index (Phi) is 52.4. The summed E-state index contributed by atoms with van der Waals surface area (Å²) in [5.41, 5.74) is 0. The fourth-order valence-electron chi connectivity index (χ4n) is 7.40. The summed E-state index contributed by atoms with van der Waals surface area (Å²) >= 11 is 0. The fraction of sp³-hybridized carbons (Fsp3) is 0.661. The summed E-state index contributed by atoms with van der Waals surface area (Å²) < 4.78 is 16.8. The number of rotatable bonds is 49. The lowest BCUT2D eigenvalue weighted by atomic mass is 10.1. The van der Waals surface area contributed by atoms with E-state index in [-0.39, 0.29) is 31.1 Å². The molecule has 0 aliphatic rings. The molecule has 1 unspecified atom stereocenters. The van der Waals surface area contributed by atoms with Crippen molar-refractivity contribution in [3.05, 3.63) is 109 Å². The highest BCUT2D eigenvalue weighted by atomic mass is 16.6. The second kappa shape index (κ2) is 55.7. The summed E-state index contributed by atoms with van der Waals surface area (Å²) in [6.45, 7) is 6.34. The summed E-state index contributed by atoms with van der Waals surface area (Å²) in [5.74, 6) is -0.965. The molecule has 0 aromatic heterocycles. The molecule has 0 heterocycles. The van der Waals surface area contributed by atoms with Gasteiger partial charge in [0.05, 0.1) is 0 Å². The minimum absolute atomic E-state index is 0.104. The molecule has 0 aromatic rings. The van der Waals surface area contributed by atoms with Crippen LogP contribution in [-0.4, -0.2) is 37.2 Å². The predicted octanol–water partition coefficient (Wildman–Crippen LogP) is 18.7. The van der Waals surface area contributed by atoms with Crippen molar-refractivity contribution < 1.29 is 28.6 Å². The second-order valence-electron chi connectivity index (χ2n) is 18.1. The smallest absolute Gasteiger partial charge is 0.306 e. The van der Waals surface area contributed by atoms with E-state index in [9.17, 15) is 14.4 Å². The monoisotopic (exact) mass is 943 g/mol. The van der Waals surface area contributed by atoms with Crippen LogP contribution < -0.4 is 0 Å². The minimum atomic E-state index is -0.807. The summed E-state index contributed by atoms with van der Waals surface area (Å²) in [6.07, 6.45) is 75.1. The van der Waals surface area contributed by atoms with Crippen molar-refractivity contribution in [3.63, 3.8) is 0 Å². The number of carbonyl (C=O) groups is 3. The molecular weight excluding hydrogens is 841 g/mol. The average Bonchev–Trinajstić information content (AvgIpc) is 3.34. The van der Waals surface area contributed by atoms with Gasteiger partial charge in [-0.05, 0) is 109 Å². The van der Waals surface area contributed by atoms with E-state index in [0.717, 1.165) is 135 Å². The van der Waals surface area contributed by atoms with E-state index in [1.54, 1.807) is 0 Å². The van der Waals surface area contributed by atoms with Gasteiger partial charge in [-0.2, -0.15) is 0 Å². The van der Waals surface area contributed by atoms with Crippen molar-refractivity contribution in [3.8, 4) is 0 Å². The van der Waals surface area contributed by atoms with E-state index >= 15 is 0 Å². The Labute approximate surface area is 419 Å². The van der Waals surface area contributed by atoms with Gasteiger partial charge in [0.2, 0.25) is 0 Å². The summed E-state index contributed by atoms with van der Waals surface area (Å²) in [7, 11) is 0. The molecule has 0 bridgehead atoms.